The summed E-state index contributed by atoms with van der Waals surface area (Å²) < 4.78 is 1.01. The van der Waals surface area contributed by atoms with Gasteiger partial charge in [0.1, 0.15) is 11.6 Å². The second-order valence-electron chi connectivity index (χ2n) is 5.68. The van der Waals surface area contributed by atoms with Gasteiger partial charge >= 0.3 is 0 Å². The van der Waals surface area contributed by atoms with Crippen molar-refractivity contribution in [3.63, 3.8) is 0 Å². The Balaban J connectivity index is 2.34. The molecule has 0 bridgehead atoms. The van der Waals surface area contributed by atoms with Crippen molar-refractivity contribution < 1.29 is 0 Å². The van der Waals surface area contributed by atoms with Crippen molar-refractivity contribution in [2.24, 2.45) is 0 Å². The van der Waals surface area contributed by atoms with Crippen molar-refractivity contribution in [2.75, 3.05) is 17.6 Å². The first-order valence-corrected chi connectivity index (χ1v) is 10.3. The molecule has 0 aliphatic carbocycles. The molecule has 3 atom stereocenters. The van der Waals surface area contributed by atoms with Crippen molar-refractivity contribution in [1.29, 1.82) is 0 Å². The molecule has 6 heteroatoms. The summed E-state index contributed by atoms with van der Waals surface area (Å²) in [4.78, 5) is 9.65. The Labute approximate surface area is 145 Å². The minimum Gasteiger partial charge on any atom is -0.369 e. The van der Waals surface area contributed by atoms with Crippen LogP contribution in [0.1, 0.15) is 57.3 Å². The third-order valence-corrected chi connectivity index (χ3v) is 7.79. The monoisotopic (exact) mass is 389 g/mol. The van der Waals surface area contributed by atoms with E-state index in [4.69, 9.17) is 9.97 Å². The van der Waals surface area contributed by atoms with Crippen LogP contribution in [-0.2, 0) is 0 Å². The fraction of sp³-hybridized carbons (Fsp3) is 0.733. The molecule has 3 nitrogen and oxygen atoms in total. The molecule has 1 aromatic rings. The molecule has 0 radical (unpaired) electrons. The number of anilines is 1. The van der Waals surface area contributed by atoms with E-state index < -0.39 is 0 Å². The van der Waals surface area contributed by atoms with Gasteiger partial charge in [0.15, 0.2) is 0 Å². The summed E-state index contributed by atoms with van der Waals surface area (Å²) in [6.07, 6.45) is 0. The Morgan fingerprint density at radius 1 is 1.29 bits per heavy atom. The second-order valence-corrected chi connectivity index (χ2v) is 9.47. The lowest BCUT2D eigenvalue weighted by atomic mass is 10.1. The van der Waals surface area contributed by atoms with Gasteiger partial charge in [0.25, 0.3) is 0 Å². The molecular weight excluding hydrogens is 366 g/mol. The third-order valence-electron chi connectivity index (χ3n) is 3.62. The number of hydrogen-bond acceptors (Lipinski definition) is 5. The molecule has 118 valence electrons. The topological polar surface area (TPSA) is 37.8 Å². The maximum Gasteiger partial charge on any atom is 0.144 e. The lowest BCUT2D eigenvalue weighted by molar-refractivity contribution is 0.772. The van der Waals surface area contributed by atoms with Crippen LogP contribution < -0.4 is 5.32 Å². The molecule has 1 aromatic heterocycles. The number of hydrogen-bond donors (Lipinski definition) is 1. The van der Waals surface area contributed by atoms with Gasteiger partial charge in [-0.15, -0.1) is 11.8 Å². The SMILES string of the molecule is CCNc1nc(C2CSC(C)C(C)S2)nc(C(C)C)c1Br. The van der Waals surface area contributed by atoms with Crippen molar-refractivity contribution in [3.8, 4) is 0 Å². The average molecular weight is 390 g/mol. The van der Waals surface area contributed by atoms with Crippen LogP contribution in [0.15, 0.2) is 4.47 Å². The van der Waals surface area contributed by atoms with E-state index in [2.05, 4.69) is 55.9 Å². The van der Waals surface area contributed by atoms with Crippen molar-refractivity contribution in [1.82, 2.24) is 9.97 Å². The summed E-state index contributed by atoms with van der Waals surface area (Å²) >= 11 is 7.71. The zero-order valence-electron chi connectivity index (χ0n) is 13.3. The van der Waals surface area contributed by atoms with E-state index in [0.717, 1.165) is 34.1 Å². The van der Waals surface area contributed by atoms with Crippen LogP contribution in [0.25, 0.3) is 0 Å². The average Bonchev–Trinajstić information content (AvgIpc) is 2.44. The molecule has 3 unspecified atom stereocenters. The van der Waals surface area contributed by atoms with E-state index in [1.165, 1.54) is 0 Å². The Hall–Kier alpha value is 0.0600. The van der Waals surface area contributed by atoms with Crippen molar-refractivity contribution >= 4 is 45.3 Å². The maximum atomic E-state index is 4.87. The highest BCUT2D eigenvalue weighted by molar-refractivity contribution is 9.10. The maximum absolute atomic E-state index is 4.87. The molecular formula is C15H24BrN3S2. The number of nitrogens with zero attached hydrogens (tertiary/aromatic N) is 2. The van der Waals surface area contributed by atoms with Crippen LogP contribution in [0.3, 0.4) is 0 Å². The smallest absolute Gasteiger partial charge is 0.144 e. The minimum atomic E-state index is 0.385. The van der Waals surface area contributed by atoms with Gasteiger partial charge in [0, 0.05) is 22.8 Å². The highest BCUT2D eigenvalue weighted by atomic mass is 79.9. The summed E-state index contributed by atoms with van der Waals surface area (Å²) in [5, 5.41) is 5.10. The second kappa shape index (κ2) is 7.55. The lowest BCUT2D eigenvalue weighted by Crippen LogP contribution is -2.23. The van der Waals surface area contributed by atoms with E-state index in [9.17, 15) is 0 Å². The zero-order valence-corrected chi connectivity index (χ0v) is 16.5. The minimum absolute atomic E-state index is 0.385. The highest BCUT2D eigenvalue weighted by Gasteiger charge is 2.29. The lowest BCUT2D eigenvalue weighted by Gasteiger charge is -2.31. The van der Waals surface area contributed by atoms with Crippen molar-refractivity contribution in [2.45, 2.75) is 56.3 Å². The number of halogens is 1. The van der Waals surface area contributed by atoms with E-state index in [-0.39, 0.29) is 0 Å². The Morgan fingerprint density at radius 3 is 2.57 bits per heavy atom. The van der Waals surface area contributed by atoms with Gasteiger partial charge in [0.2, 0.25) is 0 Å². The van der Waals surface area contributed by atoms with Crippen LogP contribution >= 0.6 is 39.5 Å². The van der Waals surface area contributed by atoms with Gasteiger partial charge in [-0.1, -0.05) is 27.7 Å². The summed E-state index contributed by atoms with van der Waals surface area (Å²) in [6, 6.07) is 0. The van der Waals surface area contributed by atoms with Crippen LogP contribution in [0.5, 0.6) is 0 Å². The van der Waals surface area contributed by atoms with Gasteiger partial charge in [0.05, 0.1) is 15.4 Å². The standard InChI is InChI=1S/C15H24BrN3S2/c1-6-17-15-12(16)13(8(2)3)18-14(19-15)11-7-20-9(4)10(5)21-11/h8-11H,6-7H2,1-5H3,(H,17,18,19). The van der Waals surface area contributed by atoms with Gasteiger partial charge in [-0.3, -0.25) is 0 Å². The van der Waals surface area contributed by atoms with E-state index in [0.29, 0.717) is 21.7 Å². The molecule has 0 aromatic carbocycles. The molecule has 2 rings (SSSR count). The number of aromatic nitrogens is 2. The first-order valence-electron chi connectivity index (χ1n) is 7.52. The van der Waals surface area contributed by atoms with E-state index in [1.54, 1.807) is 0 Å². The van der Waals surface area contributed by atoms with Crippen LogP contribution in [-0.4, -0.2) is 32.8 Å². The third kappa shape index (κ3) is 4.08. The first-order chi connectivity index (χ1) is 9.93. The Bertz CT molecular complexity index is 496. The Morgan fingerprint density at radius 2 is 2.00 bits per heavy atom. The Kier molecular flexibility index (Phi) is 6.26. The summed E-state index contributed by atoms with van der Waals surface area (Å²) in [5.41, 5.74) is 1.10. The molecule has 1 aliphatic heterocycles. The molecule has 21 heavy (non-hydrogen) atoms. The predicted octanol–water partition coefficient (Wildman–Crippen LogP) is 5.09. The summed E-state index contributed by atoms with van der Waals surface area (Å²) in [5.74, 6) is 3.40. The molecule has 1 N–H and O–H groups in total. The largest absolute Gasteiger partial charge is 0.369 e. The molecule has 0 amide bonds. The molecule has 2 heterocycles. The number of rotatable bonds is 4. The van der Waals surface area contributed by atoms with Crippen LogP contribution in [0.4, 0.5) is 5.82 Å². The first kappa shape index (κ1) is 17.4. The highest BCUT2D eigenvalue weighted by Crippen LogP contribution is 2.44. The summed E-state index contributed by atoms with van der Waals surface area (Å²) in [6.45, 7) is 11.9. The quantitative estimate of drug-likeness (QED) is 0.775. The molecule has 1 aliphatic rings. The fourth-order valence-electron chi connectivity index (χ4n) is 2.21. The van der Waals surface area contributed by atoms with E-state index in [1.807, 2.05) is 23.5 Å². The van der Waals surface area contributed by atoms with Crippen LogP contribution in [0, 0.1) is 0 Å². The van der Waals surface area contributed by atoms with Crippen molar-refractivity contribution in [3.05, 3.63) is 16.0 Å². The molecule has 1 fully saturated rings. The number of nitrogens with one attached hydrogen (secondary N) is 1. The number of thioether (sulfide) groups is 2. The zero-order chi connectivity index (χ0) is 15.6. The van der Waals surface area contributed by atoms with E-state index >= 15 is 0 Å². The van der Waals surface area contributed by atoms with Crippen LogP contribution in [0.2, 0.25) is 0 Å². The molecule has 0 saturated carbocycles. The summed E-state index contributed by atoms with van der Waals surface area (Å²) in [7, 11) is 0. The molecule has 1 saturated heterocycles. The van der Waals surface area contributed by atoms with Gasteiger partial charge in [-0.2, -0.15) is 11.8 Å². The van der Waals surface area contributed by atoms with Gasteiger partial charge in [-0.05, 0) is 28.8 Å². The van der Waals surface area contributed by atoms with Gasteiger partial charge in [-0.25, -0.2) is 9.97 Å². The fourth-order valence-corrected chi connectivity index (χ4v) is 5.83. The predicted molar refractivity (Wildman–Crippen MR) is 99.7 cm³/mol. The molecule has 0 spiro atoms. The van der Waals surface area contributed by atoms with Gasteiger partial charge < -0.3 is 5.32 Å². The normalized spacial score (nSPS) is 26.1.